The van der Waals surface area contributed by atoms with E-state index in [2.05, 4.69) is 118 Å². The highest BCUT2D eigenvalue weighted by Gasteiger charge is 2.19. The van der Waals surface area contributed by atoms with Gasteiger partial charge in [-0.1, -0.05) is 234 Å². The lowest BCUT2D eigenvalue weighted by molar-refractivity contribution is -0.167. The molecule has 0 heterocycles. The Hall–Kier alpha value is -3.67. The van der Waals surface area contributed by atoms with E-state index in [0.717, 1.165) is 103 Å². The Bertz CT molecular complexity index is 1350. The van der Waals surface area contributed by atoms with Crippen LogP contribution in [0.2, 0.25) is 0 Å². The first kappa shape index (κ1) is 63.3. The molecule has 1 atom stereocenters. The fraction of sp³-hybridized carbons (Fsp3) is 0.689. The maximum absolute atomic E-state index is 12.8. The molecule has 0 amide bonds. The van der Waals surface area contributed by atoms with Crippen molar-refractivity contribution in [1.29, 1.82) is 0 Å². The number of unbranched alkanes of at least 4 members (excludes halogenated alkanes) is 22. The fourth-order valence-corrected chi connectivity index (χ4v) is 7.48. The van der Waals surface area contributed by atoms with E-state index in [1.807, 2.05) is 0 Å². The standard InChI is InChI=1S/C61H102O6/c1-4-7-10-13-16-18-20-22-24-25-26-27-28-29-30-31-32-33-34-35-37-38-40-42-45-48-51-54-60(63)66-57-58(56-65-59(62)53-50-47-44-15-12-9-6-3)67-61(64)55-52-49-46-43-41-39-36-23-21-19-17-14-11-8-5-2/h7-8,10-11,16-19,22-24,26-27,36,41,43,58H,4-6,9,12-15,20-21,25,28-35,37-40,42,44-57H2,1-3H3/b10-7-,11-8-,18-16-,19-17-,24-22-,27-26-,36-23-,43-41-. The Balaban J connectivity index is 4.17. The summed E-state index contributed by atoms with van der Waals surface area (Å²) in [5.74, 6) is -0.942. The van der Waals surface area contributed by atoms with Gasteiger partial charge in [0.25, 0.3) is 0 Å². The Labute approximate surface area is 413 Å². The van der Waals surface area contributed by atoms with Gasteiger partial charge in [-0.05, 0) is 96.3 Å². The van der Waals surface area contributed by atoms with Crippen LogP contribution in [0.1, 0.15) is 252 Å². The summed E-state index contributed by atoms with van der Waals surface area (Å²) in [6, 6.07) is 0. The van der Waals surface area contributed by atoms with Crippen LogP contribution in [0.15, 0.2) is 97.2 Å². The van der Waals surface area contributed by atoms with Crippen molar-refractivity contribution in [1.82, 2.24) is 0 Å². The van der Waals surface area contributed by atoms with E-state index in [0.29, 0.717) is 19.3 Å². The third kappa shape index (κ3) is 53.2. The number of rotatable bonds is 49. The summed E-state index contributed by atoms with van der Waals surface area (Å²) < 4.78 is 16.7. The van der Waals surface area contributed by atoms with Crippen LogP contribution in [0.25, 0.3) is 0 Å². The van der Waals surface area contributed by atoms with Crippen LogP contribution in [-0.4, -0.2) is 37.2 Å². The zero-order chi connectivity index (χ0) is 48.6. The van der Waals surface area contributed by atoms with E-state index in [-0.39, 0.29) is 37.5 Å². The lowest BCUT2D eigenvalue weighted by Gasteiger charge is -2.18. The van der Waals surface area contributed by atoms with Gasteiger partial charge in [-0.3, -0.25) is 14.4 Å². The van der Waals surface area contributed by atoms with Crippen molar-refractivity contribution in [3.63, 3.8) is 0 Å². The highest BCUT2D eigenvalue weighted by atomic mass is 16.6. The lowest BCUT2D eigenvalue weighted by Crippen LogP contribution is -2.30. The molecule has 0 aliphatic heterocycles. The molecule has 0 radical (unpaired) electrons. The molecule has 67 heavy (non-hydrogen) atoms. The monoisotopic (exact) mass is 931 g/mol. The molecular formula is C61H102O6. The smallest absolute Gasteiger partial charge is 0.306 e. The van der Waals surface area contributed by atoms with Crippen LogP contribution in [0.5, 0.6) is 0 Å². The number of allylic oxidation sites excluding steroid dienone is 16. The molecule has 6 heteroatoms. The maximum atomic E-state index is 12.8. The topological polar surface area (TPSA) is 78.9 Å². The van der Waals surface area contributed by atoms with Crippen LogP contribution >= 0.6 is 0 Å². The molecule has 0 aliphatic rings. The summed E-state index contributed by atoms with van der Waals surface area (Å²) in [7, 11) is 0. The van der Waals surface area contributed by atoms with Gasteiger partial charge in [0.1, 0.15) is 13.2 Å². The second-order valence-corrected chi connectivity index (χ2v) is 18.1. The minimum absolute atomic E-state index is 0.0932. The number of carbonyl (C=O) groups is 3. The number of ether oxygens (including phenoxy) is 3. The van der Waals surface area contributed by atoms with E-state index >= 15 is 0 Å². The third-order valence-electron chi connectivity index (χ3n) is 11.6. The number of carbonyl (C=O) groups excluding carboxylic acids is 3. The molecule has 0 N–H and O–H groups in total. The second-order valence-electron chi connectivity index (χ2n) is 18.1. The van der Waals surface area contributed by atoms with Crippen LogP contribution in [-0.2, 0) is 28.6 Å². The number of hydrogen-bond acceptors (Lipinski definition) is 6. The lowest BCUT2D eigenvalue weighted by atomic mass is 10.0. The van der Waals surface area contributed by atoms with Crippen LogP contribution in [0, 0.1) is 0 Å². The Morgan fingerprint density at radius 1 is 0.313 bits per heavy atom. The van der Waals surface area contributed by atoms with Gasteiger partial charge in [0.15, 0.2) is 6.10 Å². The molecule has 0 aromatic heterocycles. The van der Waals surface area contributed by atoms with Gasteiger partial charge in [-0.25, -0.2) is 0 Å². The molecule has 0 spiro atoms. The summed E-state index contributed by atoms with van der Waals surface area (Å²) >= 11 is 0. The average Bonchev–Trinajstić information content (AvgIpc) is 3.33. The minimum Gasteiger partial charge on any atom is -0.462 e. The van der Waals surface area contributed by atoms with Crippen molar-refractivity contribution >= 4 is 17.9 Å². The maximum Gasteiger partial charge on any atom is 0.306 e. The Kier molecular flexibility index (Phi) is 51.9. The van der Waals surface area contributed by atoms with Crippen molar-refractivity contribution in [2.45, 2.75) is 258 Å². The van der Waals surface area contributed by atoms with Crippen molar-refractivity contribution in [3.8, 4) is 0 Å². The van der Waals surface area contributed by atoms with E-state index in [1.165, 1.54) is 103 Å². The van der Waals surface area contributed by atoms with Crippen molar-refractivity contribution < 1.29 is 28.6 Å². The van der Waals surface area contributed by atoms with Crippen LogP contribution < -0.4 is 0 Å². The van der Waals surface area contributed by atoms with Gasteiger partial charge in [-0.2, -0.15) is 0 Å². The molecule has 0 saturated heterocycles. The first-order valence-electron chi connectivity index (χ1n) is 27.7. The first-order valence-corrected chi connectivity index (χ1v) is 27.7. The summed E-state index contributed by atoms with van der Waals surface area (Å²) in [6.07, 6.45) is 72.9. The van der Waals surface area contributed by atoms with Gasteiger partial charge in [0.05, 0.1) is 0 Å². The van der Waals surface area contributed by atoms with E-state index in [9.17, 15) is 14.4 Å². The first-order chi connectivity index (χ1) is 33.0. The Morgan fingerprint density at radius 3 is 0.940 bits per heavy atom. The van der Waals surface area contributed by atoms with E-state index < -0.39 is 6.10 Å². The summed E-state index contributed by atoms with van der Waals surface area (Å²) in [5, 5.41) is 0. The molecule has 0 rings (SSSR count). The summed E-state index contributed by atoms with van der Waals surface area (Å²) in [4.78, 5) is 37.9. The molecule has 0 aromatic rings. The van der Waals surface area contributed by atoms with E-state index in [1.54, 1.807) is 0 Å². The molecule has 6 nitrogen and oxygen atoms in total. The van der Waals surface area contributed by atoms with Gasteiger partial charge in [0.2, 0.25) is 0 Å². The highest BCUT2D eigenvalue weighted by molar-refractivity contribution is 5.71. The van der Waals surface area contributed by atoms with Crippen LogP contribution in [0.3, 0.4) is 0 Å². The van der Waals surface area contributed by atoms with Gasteiger partial charge in [-0.15, -0.1) is 0 Å². The van der Waals surface area contributed by atoms with Gasteiger partial charge >= 0.3 is 17.9 Å². The molecule has 382 valence electrons. The van der Waals surface area contributed by atoms with Crippen molar-refractivity contribution in [3.05, 3.63) is 97.2 Å². The predicted molar refractivity (Wildman–Crippen MR) is 288 cm³/mol. The van der Waals surface area contributed by atoms with Crippen LogP contribution in [0.4, 0.5) is 0 Å². The molecular weight excluding hydrogens is 829 g/mol. The molecule has 0 aromatic carbocycles. The molecule has 0 bridgehead atoms. The minimum atomic E-state index is -0.796. The summed E-state index contributed by atoms with van der Waals surface area (Å²) in [6.45, 7) is 6.33. The largest absolute Gasteiger partial charge is 0.462 e. The SMILES string of the molecule is CC/C=C\C/C=C\C/C=C\C/C=C\CCCCCCCCCCCCCCCCC(=O)OCC(COC(=O)CCCCCCCCC)OC(=O)CCCC/C=C\C/C=C\C/C=C\C/C=C\CC. The molecule has 0 fully saturated rings. The molecule has 0 aliphatic carbocycles. The zero-order valence-electron chi connectivity index (χ0n) is 43.6. The van der Waals surface area contributed by atoms with Gasteiger partial charge < -0.3 is 14.2 Å². The van der Waals surface area contributed by atoms with Crippen molar-refractivity contribution in [2.24, 2.45) is 0 Å². The summed E-state index contributed by atoms with van der Waals surface area (Å²) in [5.41, 5.74) is 0. The highest BCUT2D eigenvalue weighted by Crippen LogP contribution is 2.15. The van der Waals surface area contributed by atoms with E-state index in [4.69, 9.17) is 14.2 Å². The molecule has 0 saturated carbocycles. The quantitative estimate of drug-likeness (QED) is 0.0262. The number of hydrogen-bond donors (Lipinski definition) is 0. The van der Waals surface area contributed by atoms with Crippen molar-refractivity contribution in [2.75, 3.05) is 13.2 Å². The number of esters is 3. The third-order valence-corrected chi connectivity index (χ3v) is 11.6. The van der Waals surface area contributed by atoms with Gasteiger partial charge in [0, 0.05) is 19.3 Å². The fourth-order valence-electron chi connectivity index (χ4n) is 7.48. The normalized spacial score (nSPS) is 12.8. The zero-order valence-corrected chi connectivity index (χ0v) is 43.6. The second kappa shape index (κ2) is 54.9. The Morgan fingerprint density at radius 2 is 0.582 bits per heavy atom. The average molecular weight is 931 g/mol. The molecule has 1 unspecified atom stereocenters. The predicted octanol–water partition coefficient (Wildman–Crippen LogP) is 18.5.